The Morgan fingerprint density at radius 3 is 2.34 bits per heavy atom. The standard InChI is InChI=1S/C22H20FNO4S/c23-19-8-4-9-20(15-19)29(27,28)24-21-10-2-1-6-17(21)7-3-5-16-11-13-18(14-12-16)22(25)26/h1-2,4,6,8-15,24H,3,5,7H2,(H,25,26). The highest BCUT2D eigenvalue weighted by Gasteiger charge is 2.16. The van der Waals surface area contributed by atoms with E-state index in [2.05, 4.69) is 4.72 Å². The van der Waals surface area contributed by atoms with E-state index in [1.54, 1.807) is 36.4 Å². The molecule has 3 aromatic carbocycles. The number of para-hydroxylation sites is 1. The summed E-state index contributed by atoms with van der Waals surface area (Å²) in [6.45, 7) is 0. The number of carboxylic acid groups (broad SMARTS) is 1. The van der Waals surface area contributed by atoms with Gasteiger partial charge in [-0.15, -0.1) is 0 Å². The molecule has 5 nitrogen and oxygen atoms in total. The van der Waals surface area contributed by atoms with Crippen molar-refractivity contribution in [1.29, 1.82) is 0 Å². The molecule has 2 N–H and O–H groups in total. The molecule has 0 bridgehead atoms. The van der Waals surface area contributed by atoms with Crippen LogP contribution in [0.25, 0.3) is 0 Å². The van der Waals surface area contributed by atoms with Crippen LogP contribution in [0.1, 0.15) is 27.9 Å². The number of anilines is 1. The summed E-state index contributed by atoms with van der Waals surface area (Å²) >= 11 is 0. The zero-order valence-corrected chi connectivity index (χ0v) is 16.3. The van der Waals surface area contributed by atoms with Crippen LogP contribution in [0.3, 0.4) is 0 Å². The molecule has 0 heterocycles. The van der Waals surface area contributed by atoms with Gasteiger partial charge >= 0.3 is 5.97 Å². The third-order valence-corrected chi connectivity index (χ3v) is 5.84. The largest absolute Gasteiger partial charge is 0.478 e. The summed E-state index contributed by atoms with van der Waals surface area (Å²) in [7, 11) is -3.89. The van der Waals surface area contributed by atoms with E-state index in [0.717, 1.165) is 30.0 Å². The highest BCUT2D eigenvalue weighted by Crippen LogP contribution is 2.22. The van der Waals surface area contributed by atoms with Crippen LogP contribution in [0.4, 0.5) is 10.1 Å². The topological polar surface area (TPSA) is 83.5 Å². The van der Waals surface area contributed by atoms with Gasteiger partial charge in [-0.3, -0.25) is 4.72 Å². The number of nitrogens with one attached hydrogen (secondary N) is 1. The molecular formula is C22H20FNO4S. The van der Waals surface area contributed by atoms with Gasteiger partial charge in [0.15, 0.2) is 0 Å². The molecule has 0 aromatic heterocycles. The van der Waals surface area contributed by atoms with Crippen molar-refractivity contribution >= 4 is 21.7 Å². The minimum Gasteiger partial charge on any atom is -0.478 e. The minimum absolute atomic E-state index is 0.133. The number of aromatic carboxylic acids is 1. The molecule has 0 saturated heterocycles. The van der Waals surface area contributed by atoms with Crippen molar-refractivity contribution in [1.82, 2.24) is 0 Å². The summed E-state index contributed by atoms with van der Waals surface area (Å²) in [5.74, 6) is -1.58. The Bertz CT molecular complexity index is 1110. The second-order valence-electron chi connectivity index (χ2n) is 6.58. The van der Waals surface area contributed by atoms with E-state index in [1.807, 2.05) is 12.1 Å². The van der Waals surface area contributed by atoms with Gasteiger partial charge in [-0.25, -0.2) is 17.6 Å². The predicted octanol–water partition coefficient (Wildman–Crippen LogP) is 4.50. The van der Waals surface area contributed by atoms with Crippen LogP contribution in [0.5, 0.6) is 0 Å². The average Bonchev–Trinajstić information content (AvgIpc) is 2.69. The first-order chi connectivity index (χ1) is 13.8. The second-order valence-corrected chi connectivity index (χ2v) is 8.26. The zero-order chi connectivity index (χ0) is 20.9. The van der Waals surface area contributed by atoms with E-state index in [-0.39, 0.29) is 10.5 Å². The van der Waals surface area contributed by atoms with Crippen molar-refractivity contribution in [2.75, 3.05) is 4.72 Å². The lowest BCUT2D eigenvalue weighted by molar-refractivity contribution is 0.0697. The van der Waals surface area contributed by atoms with Gasteiger partial charge in [0.1, 0.15) is 5.82 Å². The smallest absolute Gasteiger partial charge is 0.335 e. The van der Waals surface area contributed by atoms with Gasteiger partial charge in [-0.1, -0.05) is 36.4 Å². The molecule has 0 aliphatic carbocycles. The van der Waals surface area contributed by atoms with Crippen LogP contribution in [-0.4, -0.2) is 19.5 Å². The van der Waals surface area contributed by atoms with Crippen molar-refractivity contribution in [3.63, 3.8) is 0 Å². The molecule has 0 fully saturated rings. The molecule has 3 rings (SSSR count). The second kappa shape index (κ2) is 8.87. The Kier molecular flexibility index (Phi) is 6.29. The van der Waals surface area contributed by atoms with Crippen LogP contribution in [-0.2, 0) is 22.9 Å². The summed E-state index contributed by atoms with van der Waals surface area (Å²) in [5.41, 5.74) is 2.53. The van der Waals surface area contributed by atoms with E-state index in [0.29, 0.717) is 12.1 Å². The third kappa shape index (κ3) is 5.42. The van der Waals surface area contributed by atoms with E-state index in [4.69, 9.17) is 5.11 Å². The lowest BCUT2D eigenvalue weighted by atomic mass is 10.0. The van der Waals surface area contributed by atoms with Gasteiger partial charge in [-0.2, -0.15) is 0 Å². The summed E-state index contributed by atoms with van der Waals surface area (Å²) in [4.78, 5) is 10.8. The monoisotopic (exact) mass is 413 g/mol. The molecule has 29 heavy (non-hydrogen) atoms. The maximum Gasteiger partial charge on any atom is 0.335 e. The third-order valence-electron chi connectivity index (χ3n) is 4.48. The highest BCUT2D eigenvalue weighted by atomic mass is 32.2. The molecular weight excluding hydrogens is 393 g/mol. The van der Waals surface area contributed by atoms with Crippen molar-refractivity contribution in [2.24, 2.45) is 0 Å². The normalized spacial score (nSPS) is 11.2. The molecule has 0 spiro atoms. The van der Waals surface area contributed by atoms with E-state index in [1.165, 1.54) is 18.2 Å². The van der Waals surface area contributed by atoms with Crippen LogP contribution in [0.2, 0.25) is 0 Å². The number of benzene rings is 3. The molecule has 0 saturated carbocycles. The first kappa shape index (κ1) is 20.5. The number of hydrogen-bond donors (Lipinski definition) is 2. The SMILES string of the molecule is O=C(O)c1ccc(CCCc2ccccc2NS(=O)(=O)c2cccc(F)c2)cc1. The molecule has 150 valence electrons. The Hall–Kier alpha value is -3.19. The fourth-order valence-corrected chi connectivity index (χ4v) is 4.10. The first-order valence-corrected chi connectivity index (χ1v) is 10.5. The van der Waals surface area contributed by atoms with Crippen molar-refractivity contribution in [3.05, 3.63) is 95.3 Å². The quantitative estimate of drug-likeness (QED) is 0.570. The fourth-order valence-electron chi connectivity index (χ4n) is 2.97. The van der Waals surface area contributed by atoms with Crippen LogP contribution < -0.4 is 4.72 Å². The lowest BCUT2D eigenvalue weighted by Crippen LogP contribution is -2.14. The van der Waals surface area contributed by atoms with E-state index < -0.39 is 21.8 Å². The van der Waals surface area contributed by atoms with Crippen molar-refractivity contribution in [3.8, 4) is 0 Å². The number of sulfonamides is 1. The van der Waals surface area contributed by atoms with Gasteiger partial charge in [0.05, 0.1) is 16.1 Å². The Balaban J connectivity index is 1.68. The molecule has 0 aliphatic rings. The maximum atomic E-state index is 13.4. The summed E-state index contributed by atoms with van der Waals surface area (Å²) in [5, 5.41) is 8.94. The Morgan fingerprint density at radius 1 is 0.931 bits per heavy atom. The van der Waals surface area contributed by atoms with E-state index in [9.17, 15) is 17.6 Å². The van der Waals surface area contributed by atoms with Crippen LogP contribution >= 0.6 is 0 Å². The molecule has 0 radical (unpaired) electrons. The summed E-state index contributed by atoms with van der Waals surface area (Å²) in [6, 6.07) is 18.6. The summed E-state index contributed by atoms with van der Waals surface area (Å²) in [6.07, 6.45) is 2.11. The van der Waals surface area contributed by atoms with Gasteiger partial charge < -0.3 is 5.11 Å². The molecule has 7 heteroatoms. The number of aryl methyl sites for hydroxylation is 2. The Labute approximate surface area is 168 Å². The molecule has 0 atom stereocenters. The average molecular weight is 413 g/mol. The van der Waals surface area contributed by atoms with Crippen molar-refractivity contribution < 1.29 is 22.7 Å². The number of carboxylic acids is 1. The first-order valence-electron chi connectivity index (χ1n) is 9.04. The van der Waals surface area contributed by atoms with Crippen molar-refractivity contribution in [2.45, 2.75) is 24.2 Å². The van der Waals surface area contributed by atoms with E-state index >= 15 is 0 Å². The van der Waals surface area contributed by atoms with Crippen LogP contribution in [0.15, 0.2) is 77.7 Å². The van der Waals surface area contributed by atoms with Gasteiger partial charge in [0, 0.05) is 0 Å². The summed E-state index contributed by atoms with van der Waals surface area (Å²) < 4.78 is 41.1. The molecule has 0 aliphatic heterocycles. The zero-order valence-electron chi connectivity index (χ0n) is 15.5. The van der Waals surface area contributed by atoms with Gasteiger partial charge in [0.25, 0.3) is 10.0 Å². The minimum atomic E-state index is -3.89. The number of rotatable bonds is 8. The highest BCUT2D eigenvalue weighted by molar-refractivity contribution is 7.92. The lowest BCUT2D eigenvalue weighted by Gasteiger charge is -2.13. The van der Waals surface area contributed by atoms with Gasteiger partial charge in [-0.05, 0) is 66.8 Å². The molecule has 3 aromatic rings. The number of halogens is 1. The molecule has 0 unspecified atom stereocenters. The number of hydrogen-bond acceptors (Lipinski definition) is 3. The fraction of sp³-hybridized carbons (Fsp3) is 0.136. The molecule has 0 amide bonds. The number of carbonyl (C=O) groups is 1. The van der Waals surface area contributed by atoms with Crippen LogP contribution in [0, 0.1) is 5.82 Å². The Morgan fingerprint density at radius 2 is 1.66 bits per heavy atom. The maximum absolute atomic E-state index is 13.4. The van der Waals surface area contributed by atoms with Gasteiger partial charge in [0.2, 0.25) is 0 Å². The predicted molar refractivity (Wildman–Crippen MR) is 109 cm³/mol.